The summed E-state index contributed by atoms with van der Waals surface area (Å²) in [6.07, 6.45) is 6.37. The van der Waals surface area contributed by atoms with Crippen molar-refractivity contribution in [3.05, 3.63) is 65.2 Å². The third-order valence-corrected chi connectivity index (χ3v) is 7.10. The highest BCUT2D eigenvalue weighted by Gasteiger charge is 2.22. The molecule has 170 valence electrons. The first-order valence-electron chi connectivity index (χ1n) is 10.9. The summed E-state index contributed by atoms with van der Waals surface area (Å²) in [4.78, 5) is 15.2. The van der Waals surface area contributed by atoms with E-state index in [1.165, 1.54) is 36.2 Å². The lowest BCUT2D eigenvalue weighted by Crippen LogP contribution is -2.38. The topological polar surface area (TPSA) is 78.5 Å². The molecule has 0 saturated carbocycles. The van der Waals surface area contributed by atoms with Crippen molar-refractivity contribution in [2.75, 3.05) is 19.6 Å². The lowest BCUT2D eigenvalue weighted by Gasteiger charge is -2.35. The van der Waals surface area contributed by atoms with Gasteiger partial charge >= 0.3 is 0 Å². The van der Waals surface area contributed by atoms with Crippen molar-refractivity contribution >= 4 is 15.9 Å². The third-order valence-electron chi connectivity index (χ3n) is 5.69. The molecule has 2 aromatic carbocycles. The van der Waals surface area contributed by atoms with E-state index in [9.17, 15) is 13.2 Å². The molecule has 0 radical (unpaired) electrons. The van der Waals surface area contributed by atoms with Crippen molar-refractivity contribution in [2.45, 2.75) is 38.3 Å². The molecule has 7 heteroatoms. The van der Waals surface area contributed by atoms with Crippen LogP contribution in [0.1, 0.15) is 41.8 Å². The van der Waals surface area contributed by atoms with Crippen LogP contribution in [0.2, 0.25) is 0 Å². The normalized spacial score (nSPS) is 19.3. The number of nitrogens with one attached hydrogen (secondary N) is 2. The lowest BCUT2D eigenvalue weighted by atomic mass is 9.91. The predicted octanol–water partition coefficient (Wildman–Crippen LogP) is 3.01. The first kappa shape index (κ1) is 24.0. The highest BCUT2D eigenvalue weighted by molar-refractivity contribution is 7.89. The van der Waals surface area contributed by atoms with Crippen LogP contribution in [0.4, 0.5) is 0 Å². The molecule has 1 saturated heterocycles. The average Bonchev–Trinajstić information content (AvgIpc) is 2.76. The molecule has 0 spiro atoms. The number of likely N-dealkylation sites (tertiary alicyclic amines) is 1. The zero-order valence-electron chi connectivity index (χ0n) is 18.7. The molecule has 0 aromatic heterocycles. The number of terminal acetylenes is 1. The number of nitrogens with zero attached hydrogens (tertiary/aromatic N) is 1. The minimum Gasteiger partial charge on any atom is -0.348 e. The lowest BCUT2D eigenvalue weighted by molar-refractivity contribution is 0.0950. The Morgan fingerprint density at radius 3 is 2.31 bits per heavy atom. The first-order chi connectivity index (χ1) is 15.3. The van der Waals surface area contributed by atoms with Crippen LogP contribution in [0.3, 0.4) is 0 Å². The number of rotatable bonds is 8. The molecule has 1 fully saturated rings. The third kappa shape index (κ3) is 6.42. The molecule has 1 aliphatic rings. The largest absolute Gasteiger partial charge is 0.348 e. The van der Waals surface area contributed by atoms with Crippen molar-refractivity contribution in [1.82, 2.24) is 14.9 Å². The van der Waals surface area contributed by atoms with Crippen LogP contribution in [-0.4, -0.2) is 38.9 Å². The maximum atomic E-state index is 12.6. The minimum absolute atomic E-state index is 0.0691. The van der Waals surface area contributed by atoms with Crippen LogP contribution in [0.5, 0.6) is 0 Å². The van der Waals surface area contributed by atoms with Crippen LogP contribution in [0.15, 0.2) is 53.4 Å². The highest BCUT2D eigenvalue weighted by atomic mass is 32.2. The van der Waals surface area contributed by atoms with Gasteiger partial charge in [0.1, 0.15) is 0 Å². The van der Waals surface area contributed by atoms with Crippen LogP contribution in [0, 0.1) is 24.2 Å². The summed E-state index contributed by atoms with van der Waals surface area (Å²) in [5, 5.41) is 2.95. The molecule has 2 aromatic rings. The Kier molecular flexibility index (Phi) is 8.08. The second kappa shape index (κ2) is 10.8. The molecule has 1 aliphatic heterocycles. The van der Waals surface area contributed by atoms with E-state index in [4.69, 9.17) is 6.42 Å². The summed E-state index contributed by atoms with van der Waals surface area (Å²) in [5.74, 6) is 3.37. The molecular weight excluding hydrogens is 422 g/mol. The fourth-order valence-electron chi connectivity index (χ4n) is 4.33. The summed E-state index contributed by atoms with van der Waals surface area (Å²) < 4.78 is 26.5. The number of carbonyl (C=O) groups is 1. The van der Waals surface area contributed by atoms with Gasteiger partial charge in [0.05, 0.1) is 11.4 Å². The fraction of sp³-hybridized carbons (Fsp3) is 0.400. The van der Waals surface area contributed by atoms with Crippen LogP contribution < -0.4 is 10.0 Å². The summed E-state index contributed by atoms with van der Waals surface area (Å²) in [6.45, 7) is 7.99. The Labute approximate surface area is 191 Å². The Balaban J connectivity index is 1.62. The van der Waals surface area contributed by atoms with E-state index < -0.39 is 10.0 Å². The Bertz CT molecular complexity index is 1060. The summed E-state index contributed by atoms with van der Waals surface area (Å²) in [7, 11) is -3.68. The first-order valence-corrected chi connectivity index (χ1v) is 12.4. The van der Waals surface area contributed by atoms with Crippen molar-refractivity contribution in [3.63, 3.8) is 0 Å². The molecule has 0 aliphatic carbocycles. The van der Waals surface area contributed by atoms with Crippen molar-refractivity contribution in [2.24, 2.45) is 11.8 Å². The van der Waals surface area contributed by atoms with Crippen molar-refractivity contribution < 1.29 is 13.2 Å². The van der Waals surface area contributed by atoms with E-state index in [-0.39, 0.29) is 17.3 Å². The smallest absolute Gasteiger partial charge is 0.251 e. The van der Waals surface area contributed by atoms with Gasteiger partial charge in [0.2, 0.25) is 10.0 Å². The summed E-state index contributed by atoms with van der Waals surface area (Å²) in [5.41, 5.74) is 2.71. The summed E-state index contributed by atoms with van der Waals surface area (Å²) in [6, 6.07) is 14.0. The maximum Gasteiger partial charge on any atom is 0.251 e. The van der Waals surface area contributed by atoms with Crippen molar-refractivity contribution in [1.29, 1.82) is 0 Å². The predicted molar refractivity (Wildman–Crippen MR) is 126 cm³/mol. The standard InChI is InChI=1S/C25H31N3O3S/c1-4-13-27-32(30,31)24-11-9-21(10-12-24)25(29)26-15-22-7-5-6-8-23(22)18-28-16-19(2)14-20(3)17-28/h1,5-12,19-20,27H,13-18H2,2-3H3,(H,26,29). The van der Waals surface area contributed by atoms with Gasteiger partial charge in [0, 0.05) is 31.7 Å². The number of carbonyl (C=O) groups excluding carboxylic acids is 1. The fourth-order valence-corrected chi connectivity index (χ4v) is 5.26. The molecule has 1 amide bonds. The Morgan fingerprint density at radius 1 is 1.06 bits per heavy atom. The van der Waals surface area contributed by atoms with Crippen LogP contribution in [0.25, 0.3) is 0 Å². The number of amides is 1. The van der Waals surface area contributed by atoms with E-state index in [1.54, 1.807) is 0 Å². The second-order valence-electron chi connectivity index (χ2n) is 8.64. The van der Waals surface area contributed by atoms with Gasteiger partial charge in [-0.05, 0) is 53.6 Å². The van der Waals surface area contributed by atoms with E-state index in [1.807, 2.05) is 18.2 Å². The molecule has 1 heterocycles. The van der Waals surface area contributed by atoms with Crippen LogP contribution in [-0.2, 0) is 23.1 Å². The molecule has 3 rings (SSSR count). The molecule has 6 nitrogen and oxygen atoms in total. The number of sulfonamides is 1. The molecular formula is C25H31N3O3S. The second-order valence-corrected chi connectivity index (χ2v) is 10.4. The van der Waals surface area contributed by atoms with Gasteiger partial charge in [-0.15, -0.1) is 6.42 Å². The van der Waals surface area contributed by atoms with Gasteiger partial charge < -0.3 is 5.32 Å². The van der Waals surface area contributed by atoms with E-state index in [2.05, 4.69) is 40.8 Å². The zero-order valence-corrected chi connectivity index (χ0v) is 19.5. The number of hydrogen-bond acceptors (Lipinski definition) is 4. The molecule has 2 atom stereocenters. The van der Waals surface area contributed by atoms with Gasteiger partial charge in [-0.3, -0.25) is 9.69 Å². The zero-order chi connectivity index (χ0) is 23.1. The van der Waals surface area contributed by atoms with Gasteiger partial charge in [-0.25, -0.2) is 8.42 Å². The monoisotopic (exact) mass is 453 g/mol. The summed E-state index contributed by atoms with van der Waals surface area (Å²) >= 11 is 0. The number of benzene rings is 2. The van der Waals surface area contributed by atoms with E-state index in [0.29, 0.717) is 23.9 Å². The van der Waals surface area contributed by atoms with E-state index >= 15 is 0 Å². The maximum absolute atomic E-state index is 12.6. The quantitative estimate of drug-likeness (QED) is 0.603. The Morgan fingerprint density at radius 2 is 1.69 bits per heavy atom. The molecule has 2 N–H and O–H groups in total. The number of hydrogen-bond donors (Lipinski definition) is 2. The van der Waals surface area contributed by atoms with Gasteiger partial charge in [-0.1, -0.05) is 44.0 Å². The SMILES string of the molecule is C#CCNS(=O)(=O)c1ccc(C(=O)NCc2ccccc2CN2CC(C)CC(C)C2)cc1. The average molecular weight is 454 g/mol. The van der Waals surface area contributed by atoms with Gasteiger partial charge in [-0.2, -0.15) is 4.72 Å². The van der Waals surface area contributed by atoms with Gasteiger partial charge in [0.15, 0.2) is 0 Å². The van der Waals surface area contributed by atoms with Gasteiger partial charge in [0.25, 0.3) is 5.91 Å². The Hall–Kier alpha value is -2.66. The number of piperidine rings is 1. The van der Waals surface area contributed by atoms with Crippen molar-refractivity contribution in [3.8, 4) is 12.3 Å². The molecule has 0 bridgehead atoms. The molecule has 32 heavy (non-hydrogen) atoms. The molecule has 2 unspecified atom stereocenters. The van der Waals surface area contributed by atoms with Crippen LogP contribution >= 0.6 is 0 Å². The minimum atomic E-state index is -3.68. The van der Waals surface area contributed by atoms with E-state index in [0.717, 1.165) is 25.2 Å². The highest BCUT2D eigenvalue weighted by Crippen LogP contribution is 2.23.